The predicted octanol–water partition coefficient (Wildman–Crippen LogP) is 14.2. The molecule has 0 amide bonds. The van der Waals surface area contributed by atoms with E-state index in [0.717, 1.165) is 43.1 Å². The monoisotopic (exact) mass is 860 g/mol. The summed E-state index contributed by atoms with van der Waals surface area (Å²) in [4.78, 5) is 20.6. The molecule has 0 unspecified atom stereocenters. The molecule has 4 N–H and O–H groups in total. The van der Waals surface area contributed by atoms with Crippen LogP contribution < -0.4 is 0 Å². The van der Waals surface area contributed by atoms with Crippen molar-refractivity contribution in [3.05, 3.63) is 242 Å². The van der Waals surface area contributed by atoms with Crippen molar-refractivity contribution < 1.29 is 30.0 Å². The van der Waals surface area contributed by atoms with Gasteiger partial charge in [-0.1, -0.05) is 194 Å². The predicted molar refractivity (Wildman–Crippen MR) is 271 cm³/mol. The summed E-state index contributed by atoms with van der Waals surface area (Å²) in [6.45, 7) is 0. The van der Waals surface area contributed by atoms with E-state index in [-0.39, 0.29) is 34.6 Å². The van der Waals surface area contributed by atoms with Gasteiger partial charge in [0.15, 0.2) is 11.6 Å². The molecule has 0 saturated heterocycles. The van der Waals surface area contributed by atoms with Crippen LogP contribution in [0.4, 0.5) is 0 Å². The maximum absolute atomic E-state index is 10.4. The normalized spacial score (nSPS) is 11.8. The van der Waals surface area contributed by atoms with E-state index in [0.29, 0.717) is 22.3 Å². The van der Waals surface area contributed by atoms with Gasteiger partial charge in [-0.15, -0.1) is 0 Å². The quantitative estimate of drug-likeness (QED) is 0.103. The first kappa shape index (κ1) is 43.6. The Morgan fingerprint density at radius 2 is 0.485 bits per heavy atom. The van der Waals surface area contributed by atoms with Gasteiger partial charge in [-0.2, -0.15) is 0 Å². The number of rotatable bonds is 4. The van der Waals surface area contributed by atoms with Crippen molar-refractivity contribution in [3.8, 4) is 45.3 Å². The van der Waals surface area contributed by atoms with E-state index in [2.05, 4.69) is 36.4 Å². The van der Waals surface area contributed by atoms with Gasteiger partial charge in [0.1, 0.15) is 23.0 Å². The second-order valence-electron chi connectivity index (χ2n) is 15.3. The lowest BCUT2D eigenvalue weighted by Crippen LogP contribution is -1.97. The van der Waals surface area contributed by atoms with Crippen LogP contribution in [0.25, 0.3) is 77.5 Å². The molecule has 0 radical (unpaired) electrons. The molecule has 0 fully saturated rings. The third-order valence-corrected chi connectivity index (χ3v) is 11.0. The zero-order valence-corrected chi connectivity index (χ0v) is 35.7. The number of hydrogen-bond acceptors (Lipinski definition) is 6. The van der Waals surface area contributed by atoms with Crippen molar-refractivity contribution in [2.75, 3.05) is 0 Å². The Morgan fingerprint density at radius 3 is 0.742 bits per heavy atom. The molecule has 0 aliphatic heterocycles. The zero-order chi connectivity index (χ0) is 45.8. The zero-order valence-electron chi connectivity index (χ0n) is 35.7. The first-order chi connectivity index (χ1) is 32.2. The van der Waals surface area contributed by atoms with Gasteiger partial charge in [0.25, 0.3) is 0 Å². The number of phenolic OH excluding ortho intramolecular Hbond substituents is 4. The largest absolute Gasteiger partial charge is 0.507 e. The lowest BCUT2D eigenvalue weighted by atomic mass is 9.92. The molecule has 0 bridgehead atoms. The minimum atomic E-state index is -0.121. The Hall–Kier alpha value is -9.00. The van der Waals surface area contributed by atoms with E-state index >= 15 is 0 Å². The third-order valence-electron chi connectivity index (χ3n) is 11.0. The molecular formula is C60H44O6. The van der Waals surface area contributed by atoms with Crippen molar-refractivity contribution in [2.45, 2.75) is 0 Å². The summed E-state index contributed by atoms with van der Waals surface area (Å²) in [5, 5.41) is 49.6. The average Bonchev–Trinajstić information content (AvgIpc) is 3.36. The van der Waals surface area contributed by atoms with Gasteiger partial charge in [-0.25, -0.2) is 0 Å². The fourth-order valence-electron chi connectivity index (χ4n) is 7.85. The van der Waals surface area contributed by atoms with Crippen molar-refractivity contribution in [2.24, 2.45) is 0 Å². The summed E-state index contributed by atoms with van der Waals surface area (Å²) in [6.07, 6.45) is 9.25. The van der Waals surface area contributed by atoms with E-state index in [9.17, 15) is 30.0 Å². The van der Waals surface area contributed by atoms with Gasteiger partial charge >= 0.3 is 0 Å². The number of carbonyl (C=O) groups excluding carboxylic acids is 2. The maximum atomic E-state index is 10.4. The van der Waals surface area contributed by atoms with Gasteiger partial charge in [0, 0.05) is 22.3 Å². The molecule has 11 rings (SSSR count). The number of ketones is 2. The van der Waals surface area contributed by atoms with Crippen LogP contribution >= 0.6 is 0 Å². The van der Waals surface area contributed by atoms with Gasteiger partial charge in [-0.3, -0.25) is 9.59 Å². The Kier molecular flexibility index (Phi) is 13.5. The fraction of sp³-hybridized carbons (Fsp3) is 0. The van der Waals surface area contributed by atoms with Crippen LogP contribution in [0.5, 0.6) is 23.0 Å². The van der Waals surface area contributed by atoms with Crippen LogP contribution in [-0.2, 0) is 9.59 Å². The minimum absolute atomic E-state index is 0.121. The second-order valence-corrected chi connectivity index (χ2v) is 15.3. The first-order valence-corrected chi connectivity index (χ1v) is 21.3. The molecule has 0 saturated carbocycles. The number of fused-ring (bicyclic) bond motifs is 4. The molecule has 66 heavy (non-hydrogen) atoms. The molecule has 0 aromatic heterocycles. The van der Waals surface area contributed by atoms with Crippen LogP contribution in [-0.4, -0.2) is 32.0 Å². The van der Waals surface area contributed by atoms with Gasteiger partial charge < -0.3 is 20.4 Å². The molecule has 10 aromatic rings. The van der Waals surface area contributed by atoms with Gasteiger partial charge in [0.05, 0.1) is 0 Å². The fourth-order valence-corrected chi connectivity index (χ4v) is 7.85. The van der Waals surface area contributed by atoms with E-state index in [1.165, 1.54) is 35.4 Å². The second kappa shape index (κ2) is 20.5. The van der Waals surface area contributed by atoms with Crippen molar-refractivity contribution >= 4 is 66.8 Å². The lowest BCUT2D eigenvalue weighted by molar-refractivity contribution is -0.113. The number of allylic oxidation sites excluding steroid dienone is 4. The van der Waals surface area contributed by atoms with E-state index in [1.54, 1.807) is 24.3 Å². The van der Waals surface area contributed by atoms with Crippen LogP contribution in [0.1, 0.15) is 11.1 Å². The number of phenols is 4. The van der Waals surface area contributed by atoms with Crippen molar-refractivity contribution in [1.82, 2.24) is 0 Å². The molecular weight excluding hydrogens is 817 g/mol. The lowest BCUT2D eigenvalue weighted by Gasteiger charge is -2.14. The van der Waals surface area contributed by atoms with Crippen molar-refractivity contribution in [3.63, 3.8) is 0 Å². The van der Waals surface area contributed by atoms with Crippen molar-refractivity contribution in [1.29, 1.82) is 0 Å². The molecule has 0 spiro atoms. The van der Waals surface area contributed by atoms with E-state index < -0.39 is 0 Å². The molecule has 10 aromatic carbocycles. The molecule has 0 heterocycles. The molecule has 0 atom stereocenters. The highest BCUT2D eigenvalue weighted by atomic mass is 16.3. The van der Waals surface area contributed by atoms with Gasteiger partial charge in [0.2, 0.25) is 0 Å². The van der Waals surface area contributed by atoms with Crippen LogP contribution in [0, 0.1) is 0 Å². The third kappa shape index (κ3) is 10.1. The maximum Gasteiger partial charge on any atom is 0.178 e. The highest BCUT2D eigenvalue weighted by Gasteiger charge is 2.17. The molecule has 1 aliphatic rings. The SMILES string of the molecule is C(=C\c1ccccc1)/c1ccccc1.O=C1C=CC(=O)C=C1.Oc1ccc2ccccc2c1-c1c(O)ccc2ccccc12.Oc1ccc2ccccc2c1-c1c(O)ccc2ccccc12. The summed E-state index contributed by atoms with van der Waals surface area (Å²) in [5.41, 5.74) is 5.16. The average molecular weight is 861 g/mol. The summed E-state index contributed by atoms with van der Waals surface area (Å²) in [6, 6.07) is 66.4. The Labute approximate surface area is 382 Å². The standard InChI is InChI=1S/2C20H14O2.C14H12.C6H4O2/c2*21-17-11-9-13-5-1-3-7-15(13)19(17)20-16-8-4-2-6-14(16)10-12-18(20)22;1-3-7-13(8-4-1)11-12-14-9-5-2-6-10-14;7-5-1-2-6(8)4-3-5/h2*1-12,21-22H;1-12H;1-4H/b;;12-11+;. The highest BCUT2D eigenvalue weighted by molar-refractivity contribution is 6.14. The molecule has 1 aliphatic carbocycles. The van der Waals surface area contributed by atoms with Crippen LogP contribution in [0.2, 0.25) is 0 Å². The number of hydrogen-bond donors (Lipinski definition) is 4. The number of aromatic hydroxyl groups is 4. The summed E-state index contributed by atoms with van der Waals surface area (Å²) in [7, 11) is 0. The topological polar surface area (TPSA) is 115 Å². The van der Waals surface area contributed by atoms with Crippen LogP contribution in [0.15, 0.2) is 231 Å². The van der Waals surface area contributed by atoms with Crippen LogP contribution in [0.3, 0.4) is 0 Å². The summed E-state index contributed by atoms with van der Waals surface area (Å²) >= 11 is 0. The molecule has 6 nitrogen and oxygen atoms in total. The minimum Gasteiger partial charge on any atom is -0.507 e. The number of benzene rings is 10. The molecule has 320 valence electrons. The summed E-state index contributed by atoms with van der Waals surface area (Å²) in [5.74, 6) is 0.445. The van der Waals surface area contributed by atoms with E-state index in [4.69, 9.17) is 0 Å². The summed E-state index contributed by atoms with van der Waals surface area (Å²) < 4.78 is 0. The van der Waals surface area contributed by atoms with E-state index in [1.807, 2.05) is 158 Å². The first-order valence-electron chi connectivity index (χ1n) is 21.3. The molecule has 6 heteroatoms. The van der Waals surface area contributed by atoms with Gasteiger partial charge in [-0.05, 0) is 103 Å². The highest BCUT2D eigenvalue weighted by Crippen LogP contribution is 2.45. The number of carbonyl (C=O) groups is 2. The Balaban J connectivity index is 0.000000127. The Bertz CT molecular complexity index is 3030. The smallest absolute Gasteiger partial charge is 0.178 e. The Morgan fingerprint density at radius 1 is 0.258 bits per heavy atom.